The summed E-state index contributed by atoms with van der Waals surface area (Å²) in [6, 6.07) is 19.0. The summed E-state index contributed by atoms with van der Waals surface area (Å²) in [6.07, 6.45) is 1.84. The van der Waals surface area contributed by atoms with Crippen molar-refractivity contribution in [1.29, 1.82) is 0 Å². The first-order valence-electron chi connectivity index (χ1n) is 8.16. The average Bonchev–Trinajstić information content (AvgIpc) is 2.86. The predicted octanol–water partition coefficient (Wildman–Crippen LogP) is 5.16. The van der Waals surface area contributed by atoms with E-state index in [0.29, 0.717) is 0 Å². The minimum absolute atomic E-state index is 1.01. The van der Waals surface area contributed by atoms with Crippen LogP contribution < -0.4 is 5.43 Å². The monoisotopic (exact) mass is 317 g/mol. The number of hydrogen-bond acceptors (Lipinski definition) is 2. The van der Waals surface area contributed by atoms with Gasteiger partial charge in [-0.3, -0.25) is 5.43 Å². The Morgan fingerprint density at radius 2 is 1.38 bits per heavy atom. The van der Waals surface area contributed by atoms with Gasteiger partial charge in [-0.2, -0.15) is 5.10 Å². The van der Waals surface area contributed by atoms with Crippen molar-refractivity contribution in [1.82, 2.24) is 4.57 Å². The molecular weight excluding hydrogens is 294 g/mol. The third-order valence-corrected chi connectivity index (χ3v) is 4.05. The highest BCUT2D eigenvalue weighted by molar-refractivity contribution is 5.80. The summed E-state index contributed by atoms with van der Waals surface area (Å²) >= 11 is 0. The van der Waals surface area contributed by atoms with Crippen molar-refractivity contribution >= 4 is 11.9 Å². The molecule has 24 heavy (non-hydrogen) atoms. The second-order valence-corrected chi connectivity index (χ2v) is 6.29. The van der Waals surface area contributed by atoms with Crippen molar-refractivity contribution < 1.29 is 0 Å². The quantitative estimate of drug-likeness (QED) is 0.523. The molecule has 0 bridgehead atoms. The molecule has 0 saturated carbocycles. The molecule has 1 N–H and O–H groups in total. The molecule has 1 heterocycles. The third kappa shape index (κ3) is 3.57. The van der Waals surface area contributed by atoms with Crippen LogP contribution in [0.15, 0.2) is 59.7 Å². The normalized spacial score (nSPS) is 11.2. The lowest BCUT2D eigenvalue weighted by Crippen LogP contribution is -1.98. The molecule has 122 valence electrons. The number of aromatic nitrogens is 1. The zero-order valence-corrected chi connectivity index (χ0v) is 14.7. The molecule has 0 aliphatic carbocycles. The summed E-state index contributed by atoms with van der Waals surface area (Å²) in [6.45, 7) is 8.42. The lowest BCUT2D eigenvalue weighted by atomic mass is 10.1. The van der Waals surface area contributed by atoms with Gasteiger partial charge in [-0.25, -0.2) is 0 Å². The van der Waals surface area contributed by atoms with Gasteiger partial charge >= 0.3 is 0 Å². The van der Waals surface area contributed by atoms with E-state index >= 15 is 0 Å². The van der Waals surface area contributed by atoms with Crippen molar-refractivity contribution in [2.45, 2.75) is 27.7 Å². The van der Waals surface area contributed by atoms with E-state index in [2.05, 4.69) is 97.4 Å². The summed E-state index contributed by atoms with van der Waals surface area (Å²) in [4.78, 5) is 0. The molecule has 3 nitrogen and oxygen atoms in total. The van der Waals surface area contributed by atoms with Gasteiger partial charge in [0.15, 0.2) is 0 Å². The number of nitrogens with zero attached hydrogens (tertiary/aromatic N) is 2. The van der Waals surface area contributed by atoms with Gasteiger partial charge in [-0.1, -0.05) is 18.2 Å². The summed E-state index contributed by atoms with van der Waals surface area (Å²) in [5.41, 5.74) is 11.3. The molecule has 3 aromatic rings. The maximum atomic E-state index is 4.34. The fourth-order valence-corrected chi connectivity index (χ4v) is 3.01. The van der Waals surface area contributed by atoms with Crippen LogP contribution in [0.25, 0.3) is 5.69 Å². The highest BCUT2D eigenvalue weighted by Gasteiger charge is 2.03. The molecule has 0 radical (unpaired) electrons. The van der Waals surface area contributed by atoms with Crippen molar-refractivity contribution in [2.75, 3.05) is 5.43 Å². The maximum absolute atomic E-state index is 4.34. The van der Waals surface area contributed by atoms with Gasteiger partial charge in [-0.15, -0.1) is 0 Å². The standard InChI is InChI=1S/C21H23N3/c1-15-11-16(2)13-20(12-15)23-22-14-19-7-9-21(10-8-19)24-17(3)5-6-18(24)4/h5-14,23H,1-4H3/b22-14+. The Balaban J connectivity index is 1.72. The fraction of sp³-hybridized carbons (Fsp3) is 0.190. The van der Waals surface area contributed by atoms with E-state index < -0.39 is 0 Å². The molecule has 0 fully saturated rings. The number of aryl methyl sites for hydroxylation is 4. The number of nitrogens with one attached hydrogen (secondary N) is 1. The Morgan fingerprint density at radius 3 is 1.96 bits per heavy atom. The van der Waals surface area contributed by atoms with E-state index in [0.717, 1.165) is 11.3 Å². The number of anilines is 1. The molecule has 3 rings (SSSR count). The van der Waals surface area contributed by atoms with Gasteiger partial charge in [0.2, 0.25) is 0 Å². The van der Waals surface area contributed by atoms with Crippen LogP contribution in [-0.2, 0) is 0 Å². The highest BCUT2D eigenvalue weighted by Crippen LogP contribution is 2.17. The zero-order chi connectivity index (χ0) is 17.1. The van der Waals surface area contributed by atoms with E-state index in [9.17, 15) is 0 Å². The smallest absolute Gasteiger partial charge is 0.0567 e. The van der Waals surface area contributed by atoms with Crippen molar-refractivity contribution in [3.63, 3.8) is 0 Å². The molecule has 2 aromatic carbocycles. The fourth-order valence-electron chi connectivity index (χ4n) is 3.01. The summed E-state index contributed by atoms with van der Waals surface area (Å²) in [5, 5.41) is 4.34. The molecule has 0 amide bonds. The highest BCUT2D eigenvalue weighted by atomic mass is 15.3. The topological polar surface area (TPSA) is 29.3 Å². The van der Waals surface area contributed by atoms with E-state index in [1.807, 2.05) is 6.21 Å². The van der Waals surface area contributed by atoms with Crippen molar-refractivity contribution in [3.8, 4) is 5.69 Å². The summed E-state index contributed by atoms with van der Waals surface area (Å²) in [5.74, 6) is 0. The van der Waals surface area contributed by atoms with E-state index in [-0.39, 0.29) is 0 Å². The van der Waals surface area contributed by atoms with Crippen LogP contribution in [0.3, 0.4) is 0 Å². The van der Waals surface area contributed by atoms with Crippen LogP contribution in [0.4, 0.5) is 5.69 Å². The molecule has 0 aliphatic rings. The largest absolute Gasteiger partial charge is 0.319 e. The molecule has 0 spiro atoms. The average molecular weight is 317 g/mol. The van der Waals surface area contributed by atoms with E-state index in [4.69, 9.17) is 0 Å². The van der Waals surface area contributed by atoms with Crippen LogP contribution in [0.1, 0.15) is 28.1 Å². The number of hydrazone groups is 1. The van der Waals surface area contributed by atoms with Gasteiger partial charge < -0.3 is 4.57 Å². The maximum Gasteiger partial charge on any atom is 0.0567 e. The first-order chi connectivity index (χ1) is 11.5. The number of hydrogen-bond donors (Lipinski definition) is 1. The third-order valence-electron chi connectivity index (χ3n) is 4.05. The number of rotatable bonds is 4. The van der Waals surface area contributed by atoms with Gasteiger partial charge in [0.25, 0.3) is 0 Å². The molecule has 1 aromatic heterocycles. The van der Waals surface area contributed by atoms with E-state index in [1.54, 1.807) is 0 Å². The van der Waals surface area contributed by atoms with E-state index in [1.165, 1.54) is 28.2 Å². The zero-order valence-electron chi connectivity index (χ0n) is 14.7. The van der Waals surface area contributed by atoms with Crippen molar-refractivity contribution in [2.24, 2.45) is 5.10 Å². The van der Waals surface area contributed by atoms with Crippen LogP contribution in [0, 0.1) is 27.7 Å². The second kappa shape index (κ2) is 6.75. The molecule has 0 unspecified atom stereocenters. The van der Waals surface area contributed by atoms with Gasteiger partial charge in [0.1, 0.15) is 0 Å². The molecule has 3 heteroatoms. The Morgan fingerprint density at radius 1 is 0.792 bits per heavy atom. The molecule has 0 aliphatic heterocycles. The van der Waals surface area contributed by atoms with Crippen LogP contribution >= 0.6 is 0 Å². The lowest BCUT2D eigenvalue weighted by molar-refractivity contribution is 0.966. The molecular formula is C21H23N3. The molecule has 0 saturated heterocycles. The van der Waals surface area contributed by atoms with Gasteiger partial charge in [-0.05, 0) is 80.8 Å². The Labute approximate surface area is 143 Å². The minimum atomic E-state index is 1.01. The van der Waals surface area contributed by atoms with Crippen LogP contribution in [0.2, 0.25) is 0 Å². The SMILES string of the molecule is Cc1cc(C)cc(N/N=C/c2ccc(-n3c(C)ccc3C)cc2)c1. The first kappa shape index (κ1) is 16.1. The summed E-state index contributed by atoms with van der Waals surface area (Å²) in [7, 11) is 0. The van der Waals surface area contributed by atoms with Gasteiger partial charge in [0.05, 0.1) is 11.9 Å². The second-order valence-electron chi connectivity index (χ2n) is 6.29. The first-order valence-corrected chi connectivity index (χ1v) is 8.16. The lowest BCUT2D eigenvalue weighted by Gasteiger charge is -2.09. The van der Waals surface area contributed by atoms with Crippen LogP contribution in [-0.4, -0.2) is 10.8 Å². The Kier molecular flexibility index (Phi) is 4.52. The Bertz CT molecular complexity index is 831. The van der Waals surface area contributed by atoms with Gasteiger partial charge in [0, 0.05) is 17.1 Å². The Hall–Kier alpha value is -2.81. The number of benzene rings is 2. The summed E-state index contributed by atoms with van der Waals surface area (Å²) < 4.78 is 2.24. The molecule has 0 atom stereocenters. The van der Waals surface area contributed by atoms with Crippen molar-refractivity contribution in [3.05, 3.63) is 82.7 Å². The van der Waals surface area contributed by atoms with Crippen LogP contribution in [0.5, 0.6) is 0 Å². The predicted molar refractivity (Wildman–Crippen MR) is 102 cm³/mol. The minimum Gasteiger partial charge on any atom is -0.319 e.